The Labute approximate surface area is 98.9 Å². The summed E-state index contributed by atoms with van der Waals surface area (Å²) < 4.78 is 5.16. The van der Waals surface area contributed by atoms with Gasteiger partial charge in [-0.25, -0.2) is 0 Å². The summed E-state index contributed by atoms with van der Waals surface area (Å²) in [6, 6.07) is 5.48. The van der Waals surface area contributed by atoms with E-state index in [1.54, 1.807) is 7.11 Å². The summed E-state index contributed by atoms with van der Waals surface area (Å²) in [5, 5.41) is 6.06. The molecule has 1 amide bonds. The highest BCUT2D eigenvalue weighted by molar-refractivity contribution is 6.14. The normalized spacial score (nSPS) is 22.1. The summed E-state index contributed by atoms with van der Waals surface area (Å²) in [6.45, 7) is 1.34. The van der Waals surface area contributed by atoms with Crippen LogP contribution in [0, 0.1) is 5.92 Å². The van der Waals surface area contributed by atoms with Crippen molar-refractivity contribution < 1.29 is 9.53 Å². The van der Waals surface area contributed by atoms with E-state index in [2.05, 4.69) is 15.6 Å². The molecule has 0 aliphatic carbocycles. The Morgan fingerprint density at radius 2 is 2.35 bits per heavy atom. The number of anilines is 1. The van der Waals surface area contributed by atoms with E-state index in [1.807, 2.05) is 18.2 Å². The van der Waals surface area contributed by atoms with Crippen molar-refractivity contribution in [2.75, 3.05) is 25.5 Å². The number of nitrogens with one attached hydrogen (secondary N) is 2. The average molecular weight is 231 g/mol. The Bertz CT molecular complexity index is 510. The quantitative estimate of drug-likeness (QED) is 0.756. The maximum Gasteiger partial charge on any atom is 0.234 e. The van der Waals surface area contributed by atoms with Gasteiger partial charge >= 0.3 is 0 Å². The van der Waals surface area contributed by atoms with Crippen LogP contribution in [0.3, 0.4) is 0 Å². The lowest BCUT2D eigenvalue weighted by Gasteiger charge is -2.08. The molecule has 1 aromatic carbocycles. The van der Waals surface area contributed by atoms with Crippen LogP contribution in [0.2, 0.25) is 0 Å². The van der Waals surface area contributed by atoms with Gasteiger partial charge in [-0.3, -0.25) is 9.79 Å². The molecule has 0 spiro atoms. The molecule has 2 aliphatic rings. The Morgan fingerprint density at radius 3 is 3.18 bits per heavy atom. The summed E-state index contributed by atoms with van der Waals surface area (Å²) in [5.41, 5.74) is 2.41. The Morgan fingerprint density at radius 1 is 1.47 bits per heavy atom. The number of aliphatic imine (C=N–C) groups is 1. The number of methoxy groups -OCH3 is 1. The Balaban J connectivity index is 2.09. The van der Waals surface area contributed by atoms with Crippen molar-refractivity contribution in [2.24, 2.45) is 10.9 Å². The monoisotopic (exact) mass is 231 g/mol. The zero-order valence-electron chi connectivity index (χ0n) is 9.49. The molecular weight excluding hydrogens is 218 g/mol. The SMILES string of the molecule is COc1ccc2c(c1)N=C1CNCC1C(=O)N2. The Kier molecular flexibility index (Phi) is 2.33. The number of amides is 1. The van der Waals surface area contributed by atoms with Crippen molar-refractivity contribution in [3.8, 4) is 5.75 Å². The van der Waals surface area contributed by atoms with E-state index in [1.165, 1.54) is 0 Å². The minimum atomic E-state index is -0.145. The van der Waals surface area contributed by atoms with Gasteiger partial charge in [0.1, 0.15) is 5.75 Å². The van der Waals surface area contributed by atoms with E-state index in [9.17, 15) is 4.79 Å². The van der Waals surface area contributed by atoms with Gasteiger partial charge < -0.3 is 15.4 Å². The molecule has 5 nitrogen and oxygen atoms in total. The van der Waals surface area contributed by atoms with Crippen LogP contribution in [-0.4, -0.2) is 31.8 Å². The zero-order valence-corrected chi connectivity index (χ0v) is 9.49. The van der Waals surface area contributed by atoms with Gasteiger partial charge in [-0.2, -0.15) is 0 Å². The van der Waals surface area contributed by atoms with E-state index in [4.69, 9.17) is 4.74 Å². The third kappa shape index (κ3) is 1.68. The van der Waals surface area contributed by atoms with Crippen LogP contribution in [0.25, 0.3) is 0 Å². The van der Waals surface area contributed by atoms with Crippen LogP contribution >= 0.6 is 0 Å². The molecule has 5 heteroatoms. The van der Waals surface area contributed by atoms with Gasteiger partial charge in [-0.05, 0) is 12.1 Å². The number of carbonyl (C=O) groups is 1. The number of nitrogens with zero attached hydrogens (tertiary/aromatic N) is 1. The smallest absolute Gasteiger partial charge is 0.234 e. The predicted molar refractivity (Wildman–Crippen MR) is 65.1 cm³/mol. The van der Waals surface area contributed by atoms with Gasteiger partial charge in [0.15, 0.2) is 0 Å². The lowest BCUT2D eigenvalue weighted by molar-refractivity contribution is -0.117. The lowest BCUT2D eigenvalue weighted by atomic mass is 10.1. The molecular formula is C12H13N3O2. The second-order valence-corrected chi connectivity index (χ2v) is 4.16. The van der Waals surface area contributed by atoms with Crippen molar-refractivity contribution in [1.82, 2.24) is 5.32 Å². The summed E-state index contributed by atoms with van der Waals surface area (Å²) in [5.74, 6) is 0.609. The number of hydrogen-bond acceptors (Lipinski definition) is 4. The fraction of sp³-hybridized carbons (Fsp3) is 0.333. The first-order valence-electron chi connectivity index (χ1n) is 5.55. The summed E-state index contributed by atoms with van der Waals surface area (Å²) >= 11 is 0. The van der Waals surface area contributed by atoms with Crippen molar-refractivity contribution in [3.63, 3.8) is 0 Å². The molecule has 0 radical (unpaired) electrons. The molecule has 0 bridgehead atoms. The van der Waals surface area contributed by atoms with Crippen LogP contribution in [0.5, 0.6) is 5.75 Å². The van der Waals surface area contributed by atoms with E-state index in [-0.39, 0.29) is 11.8 Å². The van der Waals surface area contributed by atoms with Gasteiger partial charge in [0.2, 0.25) is 5.91 Å². The molecule has 2 aliphatic heterocycles. The Hall–Kier alpha value is -1.88. The summed E-state index contributed by atoms with van der Waals surface area (Å²) in [7, 11) is 1.62. The fourth-order valence-corrected chi connectivity index (χ4v) is 2.16. The van der Waals surface area contributed by atoms with Crippen LogP contribution in [0.1, 0.15) is 0 Å². The second kappa shape index (κ2) is 3.85. The third-order valence-corrected chi connectivity index (χ3v) is 3.10. The largest absolute Gasteiger partial charge is 0.497 e. The molecule has 2 heterocycles. The molecule has 3 rings (SSSR count). The standard InChI is InChI=1S/C12H13N3O2/c1-17-7-2-3-9-10(4-7)14-11-6-13-5-8(11)12(16)15-9/h2-4,8,13H,5-6H2,1H3,(H,15,16). The number of ether oxygens (including phenoxy) is 1. The molecule has 0 saturated carbocycles. The summed E-state index contributed by atoms with van der Waals surface area (Å²) in [4.78, 5) is 16.5. The first kappa shape index (κ1) is 10.3. The molecule has 2 N–H and O–H groups in total. The molecule has 88 valence electrons. The van der Waals surface area contributed by atoms with Crippen molar-refractivity contribution in [1.29, 1.82) is 0 Å². The molecule has 1 fully saturated rings. The molecule has 1 aromatic rings. The maximum atomic E-state index is 11.9. The highest BCUT2D eigenvalue weighted by atomic mass is 16.5. The van der Waals surface area contributed by atoms with Crippen LogP contribution in [0.4, 0.5) is 11.4 Å². The number of carbonyl (C=O) groups excluding carboxylic acids is 1. The molecule has 1 unspecified atom stereocenters. The van der Waals surface area contributed by atoms with E-state index < -0.39 is 0 Å². The van der Waals surface area contributed by atoms with E-state index in [0.717, 1.165) is 22.8 Å². The first-order valence-corrected chi connectivity index (χ1v) is 5.55. The first-order chi connectivity index (χ1) is 8.28. The lowest BCUT2D eigenvalue weighted by Crippen LogP contribution is -2.27. The topological polar surface area (TPSA) is 62.7 Å². The highest BCUT2D eigenvalue weighted by Crippen LogP contribution is 2.33. The number of rotatable bonds is 1. The van der Waals surface area contributed by atoms with Gasteiger partial charge in [0.25, 0.3) is 0 Å². The van der Waals surface area contributed by atoms with Crippen LogP contribution < -0.4 is 15.4 Å². The third-order valence-electron chi connectivity index (χ3n) is 3.10. The van der Waals surface area contributed by atoms with Crippen molar-refractivity contribution in [3.05, 3.63) is 18.2 Å². The van der Waals surface area contributed by atoms with Crippen molar-refractivity contribution in [2.45, 2.75) is 0 Å². The fourth-order valence-electron chi connectivity index (χ4n) is 2.16. The van der Waals surface area contributed by atoms with Gasteiger partial charge in [-0.1, -0.05) is 0 Å². The molecule has 1 saturated heterocycles. The molecule has 0 aromatic heterocycles. The molecule has 17 heavy (non-hydrogen) atoms. The van der Waals surface area contributed by atoms with Gasteiger partial charge in [0, 0.05) is 24.9 Å². The van der Waals surface area contributed by atoms with Gasteiger partial charge in [0.05, 0.1) is 24.4 Å². The molecule has 1 atom stereocenters. The minimum Gasteiger partial charge on any atom is -0.497 e. The number of fused-ring (bicyclic) bond motifs is 2. The van der Waals surface area contributed by atoms with Crippen LogP contribution in [0.15, 0.2) is 23.2 Å². The number of benzene rings is 1. The zero-order chi connectivity index (χ0) is 11.8. The second-order valence-electron chi connectivity index (χ2n) is 4.16. The van der Waals surface area contributed by atoms with E-state index >= 15 is 0 Å². The maximum absolute atomic E-state index is 11.9. The summed E-state index contributed by atoms with van der Waals surface area (Å²) in [6.07, 6.45) is 0. The number of hydrogen-bond donors (Lipinski definition) is 2. The van der Waals surface area contributed by atoms with Crippen molar-refractivity contribution >= 4 is 23.0 Å². The highest BCUT2D eigenvalue weighted by Gasteiger charge is 2.31. The average Bonchev–Trinajstić information content (AvgIpc) is 2.75. The van der Waals surface area contributed by atoms with Gasteiger partial charge in [-0.15, -0.1) is 0 Å². The van der Waals surface area contributed by atoms with E-state index in [0.29, 0.717) is 13.1 Å². The van der Waals surface area contributed by atoms with Crippen LogP contribution in [-0.2, 0) is 4.79 Å². The minimum absolute atomic E-state index is 0.0117. The predicted octanol–water partition coefficient (Wildman–Crippen LogP) is 0.939.